The van der Waals surface area contributed by atoms with Crippen LogP contribution in [0.15, 0.2) is 0 Å². The summed E-state index contributed by atoms with van der Waals surface area (Å²) in [5, 5.41) is 0. The van der Waals surface area contributed by atoms with Crippen molar-refractivity contribution in [3.05, 3.63) is 0 Å². The highest BCUT2D eigenvalue weighted by Crippen LogP contribution is 2.62. The Bertz CT molecular complexity index is 245. The zero-order chi connectivity index (χ0) is 9.22. The SMILES string of the molecule is ClC12CC3CC(C1)C(Br)C(C3)[C@H]2Br. The van der Waals surface area contributed by atoms with Crippen LogP contribution in [0.1, 0.15) is 25.7 Å². The fourth-order valence-electron chi connectivity index (χ4n) is 3.77. The second-order valence-corrected chi connectivity index (χ2v) is 7.85. The Balaban J connectivity index is 1.99. The molecule has 74 valence electrons. The van der Waals surface area contributed by atoms with E-state index < -0.39 is 0 Å². The fraction of sp³-hybridized carbons (Fsp3) is 1.00. The summed E-state index contributed by atoms with van der Waals surface area (Å²) < 4.78 is 0. The van der Waals surface area contributed by atoms with Gasteiger partial charge in [-0.05, 0) is 43.4 Å². The Kier molecular flexibility index (Phi) is 2.10. The van der Waals surface area contributed by atoms with E-state index in [0.29, 0.717) is 4.83 Å². The zero-order valence-corrected chi connectivity index (χ0v) is 11.3. The smallest absolute Gasteiger partial charge is 0.0580 e. The van der Waals surface area contributed by atoms with Gasteiger partial charge >= 0.3 is 0 Å². The van der Waals surface area contributed by atoms with Crippen LogP contribution in [0, 0.1) is 17.8 Å². The van der Waals surface area contributed by atoms with E-state index in [2.05, 4.69) is 31.9 Å². The van der Waals surface area contributed by atoms with Gasteiger partial charge in [-0.3, -0.25) is 0 Å². The van der Waals surface area contributed by atoms with Gasteiger partial charge < -0.3 is 0 Å². The topological polar surface area (TPSA) is 0 Å². The first-order chi connectivity index (χ1) is 6.10. The summed E-state index contributed by atoms with van der Waals surface area (Å²) in [7, 11) is 0. The van der Waals surface area contributed by atoms with E-state index in [4.69, 9.17) is 11.6 Å². The van der Waals surface area contributed by atoms with Gasteiger partial charge in [-0.15, -0.1) is 11.6 Å². The van der Waals surface area contributed by atoms with Crippen molar-refractivity contribution in [2.24, 2.45) is 17.8 Å². The number of alkyl halides is 3. The van der Waals surface area contributed by atoms with Gasteiger partial charge in [0.25, 0.3) is 0 Å². The third kappa shape index (κ3) is 1.21. The minimum Gasteiger partial charge on any atom is -0.118 e. The first-order valence-electron chi connectivity index (χ1n) is 5.07. The summed E-state index contributed by atoms with van der Waals surface area (Å²) in [5.74, 6) is 2.55. The second-order valence-electron chi connectivity index (χ2n) is 5.05. The molecule has 0 aromatic heterocycles. The van der Waals surface area contributed by atoms with Crippen molar-refractivity contribution >= 4 is 43.5 Å². The van der Waals surface area contributed by atoms with Crippen LogP contribution in [0.3, 0.4) is 0 Å². The molecule has 0 amide bonds. The highest BCUT2D eigenvalue weighted by molar-refractivity contribution is 9.10. The van der Waals surface area contributed by atoms with Crippen molar-refractivity contribution in [2.45, 2.75) is 40.2 Å². The monoisotopic (exact) mass is 326 g/mol. The van der Waals surface area contributed by atoms with E-state index in [9.17, 15) is 0 Å². The lowest BCUT2D eigenvalue weighted by atomic mass is 9.56. The molecule has 0 spiro atoms. The minimum atomic E-state index is 0.0980. The van der Waals surface area contributed by atoms with Crippen LogP contribution in [-0.2, 0) is 0 Å². The van der Waals surface area contributed by atoms with Crippen LogP contribution < -0.4 is 0 Å². The Morgan fingerprint density at radius 2 is 1.92 bits per heavy atom. The van der Waals surface area contributed by atoms with Gasteiger partial charge in [-0.25, -0.2) is 0 Å². The van der Waals surface area contributed by atoms with Crippen LogP contribution in [0.5, 0.6) is 0 Å². The Morgan fingerprint density at radius 3 is 2.69 bits per heavy atom. The molecule has 0 N–H and O–H groups in total. The molecule has 4 rings (SSSR count). The molecule has 0 radical (unpaired) electrons. The lowest BCUT2D eigenvalue weighted by Gasteiger charge is -2.59. The van der Waals surface area contributed by atoms with E-state index in [-0.39, 0.29) is 4.87 Å². The van der Waals surface area contributed by atoms with Gasteiger partial charge in [0.1, 0.15) is 0 Å². The fourth-order valence-corrected chi connectivity index (χ4v) is 6.60. The molecule has 13 heavy (non-hydrogen) atoms. The molecule has 0 saturated heterocycles. The van der Waals surface area contributed by atoms with Crippen molar-refractivity contribution in [1.29, 1.82) is 0 Å². The normalized spacial score (nSPS) is 64.4. The van der Waals surface area contributed by atoms with Crippen LogP contribution in [0.25, 0.3) is 0 Å². The largest absolute Gasteiger partial charge is 0.118 e. The first kappa shape index (κ1) is 9.47. The minimum absolute atomic E-state index is 0.0980. The van der Waals surface area contributed by atoms with Crippen molar-refractivity contribution in [3.8, 4) is 0 Å². The van der Waals surface area contributed by atoms with Gasteiger partial charge in [-0.1, -0.05) is 31.9 Å². The number of hydrogen-bond donors (Lipinski definition) is 0. The lowest BCUT2D eigenvalue weighted by Crippen LogP contribution is -2.59. The van der Waals surface area contributed by atoms with E-state index >= 15 is 0 Å². The predicted molar refractivity (Wildman–Crippen MR) is 63.0 cm³/mol. The van der Waals surface area contributed by atoms with Gasteiger partial charge in [0, 0.05) is 9.65 Å². The average Bonchev–Trinajstić information content (AvgIpc) is 2.07. The summed E-state index contributed by atoms with van der Waals surface area (Å²) in [6.45, 7) is 0. The van der Waals surface area contributed by atoms with Crippen molar-refractivity contribution in [2.75, 3.05) is 0 Å². The van der Waals surface area contributed by atoms with Gasteiger partial charge in [0.2, 0.25) is 0 Å². The van der Waals surface area contributed by atoms with Gasteiger partial charge in [-0.2, -0.15) is 0 Å². The Morgan fingerprint density at radius 1 is 1.15 bits per heavy atom. The number of rotatable bonds is 0. The van der Waals surface area contributed by atoms with Crippen LogP contribution >= 0.6 is 43.5 Å². The maximum Gasteiger partial charge on any atom is 0.0580 e. The summed E-state index contributed by atoms with van der Waals surface area (Å²) >= 11 is 14.3. The van der Waals surface area contributed by atoms with Crippen LogP contribution in [0.4, 0.5) is 0 Å². The molecule has 3 heteroatoms. The molecular formula is C10H13Br2Cl. The average molecular weight is 328 g/mol. The first-order valence-corrected chi connectivity index (χ1v) is 7.28. The van der Waals surface area contributed by atoms with Crippen LogP contribution in [0.2, 0.25) is 0 Å². The van der Waals surface area contributed by atoms with Crippen molar-refractivity contribution in [3.63, 3.8) is 0 Å². The predicted octanol–water partition coefficient (Wildman–Crippen LogP) is 3.94. The molecule has 4 bridgehead atoms. The summed E-state index contributed by atoms with van der Waals surface area (Å²) in [4.78, 5) is 1.36. The molecule has 4 aliphatic carbocycles. The molecule has 4 aliphatic rings. The summed E-state index contributed by atoms with van der Waals surface area (Å²) in [5.41, 5.74) is 0. The van der Waals surface area contributed by atoms with Crippen molar-refractivity contribution < 1.29 is 0 Å². The van der Waals surface area contributed by atoms with E-state index in [1.54, 1.807) is 0 Å². The number of halogens is 3. The van der Waals surface area contributed by atoms with Gasteiger partial charge in [0.05, 0.1) is 4.87 Å². The summed E-state index contributed by atoms with van der Waals surface area (Å²) in [6, 6.07) is 0. The maximum atomic E-state index is 6.68. The highest BCUT2D eigenvalue weighted by atomic mass is 79.9. The zero-order valence-electron chi connectivity index (χ0n) is 7.35. The van der Waals surface area contributed by atoms with Crippen molar-refractivity contribution in [1.82, 2.24) is 0 Å². The highest BCUT2D eigenvalue weighted by Gasteiger charge is 2.58. The molecule has 0 heterocycles. The quantitative estimate of drug-likeness (QED) is 0.591. The standard InChI is InChI=1S/C10H13Br2Cl/c11-8-6-1-5-2-7(8)9(12)10(13,3-5)4-6/h5-9H,1-4H2/t5?,6?,7?,8?,9-,10?/m1/s1. The van der Waals surface area contributed by atoms with E-state index in [1.807, 2.05) is 0 Å². The second kappa shape index (κ2) is 2.89. The molecule has 0 nitrogen and oxygen atoms in total. The van der Waals surface area contributed by atoms with E-state index in [0.717, 1.165) is 22.6 Å². The Labute approximate surface area is 101 Å². The lowest BCUT2D eigenvalue weighted by molar-refractivity contribution is 0.0530. The summed E-state index contributed by atoms with van der Waals surface area (Å²) in [6.07, 6.45) is 5.27. The van der Waals surface area contributed by atoms with Crippen LogP contribution in [-0.4, -0.2) is 14.5 Å². The molecular weight excluding hydrogens is 315 g/mol. The third-order valence-electron chi connectivity index (χ3n) is 4.20. The molecule has 0 aliphatic heterocycles. The Hall–Kier alpha value is 1.25. The molecule has 4 saturated carbocycles. The molecule has 5 unspecified atom stereocenters. The van der Waals surface area contributed by atoms with E-state index in [1.165, 1.54) is 25.7 Å². The maximum absolute atomic E-state index is 6.68. The molecule has 4 fully saturated rings. The third-order valence-corrected chi connectivity index (χ3v) is 7.99. The molecule has 0 aromatic rings. The number of hydrogen-bond acceptors (Lipinski definition) is 0. The van der Waals surface area contributed by atoms with Gasteiger partial charge in [0.15, 0.2) is 0 Å². The molecule has 6 atom stereocenters. The molecule has 0 aromatic carbocycles.